The first-order valence-corrected chi connectivity index (χ1v) is 7.04. The number of piperidine rings is 1. The van der Waals surface area contributed by atoms with E-state index in [9.17, 15) is 4.39 Å². The van der Waals surface area contributed by atoms with Gasteiger partial charge in [-0.25, -0.2) is 4.39 Å². The summed E-state index contributed by atoms with van der Waals surface area (Å²) in [5.41, 5.74) is 7.57. The van der Waals surface area contributed by atoms with Crippen molar-refractivity contribution in [1.29, 1.82) is 0 Å². The molecule has 3 heteroatoms. The van der Waals surface area contributed by atoms with E-state index in [-0.39, 0.29) is 5.82 Å². The van der Waals surface area contributed by atoms with Crippen molar-refractivity contribution in [3.63, 3.8) is 0 Å². The molecular weight excluding hydrogens is 227 g/mol. The second kappa shape index (κ2) is 4.88. The van der Waals surface area contributed by atoms with E-state index in [1.165, 1.54) is 32.1 Å². The summed E-state index contributed by atoms with van der Waals surface area (Å²) in [7, 11) is 0. The molecule has 2 N–H and O–H groups in total. The highest BCUT2D eigenvalue weighted by molar-refractivity contribution is 5.51. The lowest BCUT2D eigenvalue weighted by Crippen LogP contribution is -2.42. The predicted octanol–water partition coefficient (Wildman–Crippen LogP) is 3.05. The van der Waals surface area contributed by atoms with Gasteiger partial charge in [0.25, 0.3) is 0 Å². The highest BCUT2D eigenvalue weighted by Crippen LogP contribution is 2.39. The second-order valence-electron chi connectivity index (χ2n) is 5.62. The number of anilines is 1. The minimum Gasteiger partial charge on any atom is -0.368 e. The molecule has 1 heterocycles. The molecule has 1 aliphatic carbocycles. The Morgan fingerprint density at radius 2 is 2.00 bits per heavy atom. The number of hydrogen-bond donors (Lipinski definition) is 1. The molecule has 2 fully saturated rings. The van der Waals surface area contributed by atoms with E-state index in [1.54, 1.807) is 12.1 Å². The lowest BCUT2D eigenvalue weighted by molar-refractivity contribution is 0.362. The Balaban J connectivity index is 1.90. The van der Waals surface area contributed by atoms with Gasteiger partial charge in [-0.05, 0) is 55.4 Å². The molecule has 1 aromatic rings. The van der Waals surface area contributed by atoms with Gasteiger partial charge in [0.2, 0.25) is 0 Å². The van der Waals surface area contributed by atoms with Crippen LogP contribution >= 0.6 is 0 Å². The van der Waals surface area contributed by atoms with Crippen LogP contribution in [0, 0.1) is 11.7 Å². The van der Waals surface area contributed by atoms with E-state index in [1.807, 2.05) is 0 Å². The number of fused-ring (bicyclic) bond motifs is 1. The standard InChI is InChI=1S/C15H21FN2/c16-13-7-11(10-17)8-14(9-13)18-6-2-4-12-3-1-5-15(12)18/h7-9,12,15H,1-6,10,17H2. The maximum Gasteiger partial charge on any atom is 0.125 e. The summed E-state index contributed by atoms with van der Waals surface area (Å²) in [5.74, 6) is 0.663. The third kappa shape index (κ3) is 2.12. The Bertz CT molecular complexity index is 433. The zero-order valence-electron chi connectivity index (χ0n) is 10.7. The largest absolute Gasteiger partial charge is 0.368 e. The van der Waals surface area contributed by atoms with Crippen molar-refractivity contribution in [2.24, 2.45) is 11.7 Å². The quantitative estimate of drug-likeness (QED) is 0.871. The molecule has 0 radical (unpaired) electrons. The van der Waals surface area contributed by atoms with Crippen LogP contribution in [0.25, 0.3) is 0 Å². The van der Waals surface area contributed by atoms with Crippen molar-refractivity contribution in [3.8, 4) is 0 Å². The van der Waals surface area contributed by atoms with Crippen molar-refractivity contribution in [1.82, 2.24) is 0 Å². The van der Waals surface area contributed by atoms with Crippen LogP contribution in [-0.2, 0) is 6.54 Å². The Hall–Kier alpha value is -1.09. The van der Waals surface area contributed by atoms with E-state index < -0.39 is 0 Å². The number of benzene rings is 1. The zero-order valence-corrected chi connectivity index (χ0v) is 10.7. The highest BCUT2D eigenvalue weighted by atomic mass is 19.1. The highest BCUT2D eigenvalue weighted by Gasteiger charge is 2.35. The SMILES string of the molecule is NCc1cc(F)cc(N2CCCC3CCCC32)c1. The van der Waals surface area contributed by atoms with Gasteiger partial charge in [-0.2, -0.15) is 0 Å². The Morgan fingerprint density at radius 3 is 2.83 bits per heavy atom. The molecule has 1 aliphatic heterocycles. The molecule has 2 unspecified atom stereocenters. The Kier molecular flexibility index (Phi) is 3.25. The minimum atomic E-state index is -0.159. The summed E-state index contributed by atoms with van der Waals surface area (Å²) in [6.45, 7) is 1.47. The Morgan fingerprint density at radius 1 is 1.17 bits per heavy atom. The van der Waals surface area contributed by atoms with Crippen LogP contribution < -0.4 is 10.6 Å². The van der Waals surface area contributed by atoms with Gasteiger partial charge in [-0.3, -0.25) is 0 Å². The van der Waals surface area contributed by atoms with E-state index >= 15 is 0 Å². The van der Waals surface area contributed by atoms with E-state index in [2.05, 4.69) is 11.0 Å². The normalized spacial score (nSPS) is 27.3. The molecular formula is C15H21FN2. The predicted molar refractivity (Wildman–Crippen MR) is 72.0 cm³/mol. The molecule has 2 nitrogen and oxygen atoms in total. The van der Waals surface area contributed by atoms with Gasteiger partial charge in [0.05, 0.1) is 0 Å². The molecule has 2 atom stereocenters. The number of halogens is 1. The summed E-state index contributed by atoms with van der Waals surface area (Å²) in [5, 5.41) is 0. The van der Waals surface area contributed by atoms with Gasteiger partial charge in [-0.15, -0.1) is 0 Å². The molecule has 0 spiro atoms. The van der Waals surface area contributed by atoms with Crippen molar-refractivity contribution in [2.45, 2.75) is 44.7 Å². The monoisotopic (exact) mass is 248 g/mol. The number of hydrogen-bond acceptors (Lipinski definition) is 2. The van der Waals surface area contributed by atoms with Crippen LogP contribution in [0.3, 0.4) is 0 Å². The van der Waals surface area contributed by atoms with Gasteiger partial charge in [0.15, 0.2) is 0 Å². The molecule has 1 saturated heterocycles. The van der Waals surface area contributed by atoms with Crippen LogP contribution in [0.1, 0.15) is 37.7 Å². The van der Waals surface area contributed by atoms with Crippen molar-refractivity contribution >= 4 is 5.69 Å². The van der Waals surface area contributed by atoms with Crippen molar-refractivity contribution in [2.75, 3.05) is 11.4 Å². The average Bonchev–Trinajstić information content (AvgIpc) is 2.85. The van der Waals surface area contributed by atoms with Gasteiger partial charge >= 0.3 is 0 Å². The average molecular weight is 248 g/mol. The van der Waals surface area contributed by atoms with Crippen LogP contribution in [0.5, 0.6) is 0 Å². The first-order chi connectivity index (χ1) is 8.78. The lowest BCUT2D eigenvalue weighted by Gasteiger charge is -2.39. The van der Waals surface area contributed by atoms with Crippen LogP contribution in [0.15, 0.2) is 18.2 Å². The Labute approximate surface area is 108 Å². The van der Waals surface area contributed by atoms with Gasteiger partial charge in [0, 0.05) is 24.8 Å². The maximum atomic E-state index is 13.6. The van der Waals surface area contributed by atoms with Gasteiger partial charge < -0.3 is 10.6 Å². The first-order valence-electron chi connectivity index (χ1n) is 7.04. The summed E-state index contributed by atoms with van der Waals surface area (Å²) in [4.78, 5) is 2.42. The van der Waals surface area contributed by atoms with Gasteiger partial charge in [0.1, 0.15) is 5.82 Å². The molecule has 0 amide bonds. The first kappa shape index (κ1) is 12.0. The molecule has 18 heavy (non-hydrogen) atoms. The maximum absolute atomic E-state index is 13.6. The molecule has 1 saturated carbocycles. The lowest BCUT2D eigenvalue weighted by atomic mass is 9.91. The molecule has 2 aliphatic rings. The fourth-order valence-electron chi connectivity index (χ4n) is 3.69. The van der Waals surface area contributed by atoms with E-state index in [0.29, 0.717) is 12.6 Å². The van der Waals surface area contributed by atoms with Crippen molar-refractivity contribution in [3.05, 3.63) is 29.6 Å². The van der Waals surface area contributed by atoms with Gasteiger partial charge in [-0.1, -0.05) is 6.42 Å². The van der Waals surface area contributed by atoms with E-state index in [4.69, 9.17) is 5.73 Å². The van der Waals surface area contributed by atoms with Crippen LogP contribution in [-0.4, -0.2) is 12.6 Å². The zero-order chi connectivity index (χ0) is 12.5. The molecule has 0 aromatic heterocycles. The number of nitrogens with zero attached hydrogens (tertiary/aromatic N) is 1. The van der Waals surface area contributed by atoms with Crippen molar-refractivity contribution < 1.29 is 4.39 Å². The third-order valence-corrected chi connectivity index (χ3v) is 4.50. The fourth-order valence-corrected chi connectivity index (χ4v) is 3.69. The van der Waals surface area contributed by atoms with E-state index in [0.717, 1.165) is 23.7 Å². The molecule has 3 rings (SSSR count). The third-order valence-electron chi connectivity index (χ3n) is 4.50. The van der Waals surface area contributed by atoms with Crippen LogP contribution in [0.2, 0.25) is 0 Å². The molecule has 0 bridgehead atoms. The smallest absolute Gasteiger partial charge is 0.125 e. The number of rotatable bonds is 2. The molecule has 1 aromatic carbocycles. The van der Waals surface area contributed by atoms with Crippen LogP contribution in [0.4, 0.5) is 10.1 Å². The summed E-state index contributed by atoms with van der Waals surface area (Å²) >= 11 is 0. The summed E-state index contributed by atoms with van der Waals surface area (Å²) < 4.78 is 13.6. The minimum absolute atomic E-state index is 0.159. The molecule has 98 valence electrons. The summed E-state index contributed by atoms with van der Waals surface area (Å²) in [6, 6.07) is 5.90. The topological polar surface area (TPSA) is 29.3 Å². The second-order valence-corrected chi connectivity index (χ2v) is 5.62. The fraction of sp³-hybridized carbons (Fsp3) is 0.600. The summed E-state index contributed by atoms with van der Waals surface area (Å²) in [6.07, 6.45) is 6.51. The number of nitrogens with two attached hydrogens (primary N) is 1.